The summed E-state index contributed by atoms with van der Waals surface area (Å²) in [5.41, 5.74) is 3.00. The van der Waals surface area contributed by atoms with E-state index in [0.29, 0.717) is 16.5 Å². The Morgan fingerprint density at radius 1 is 0.769 bits per heavy atom. The minimum Gasteiger partial charge on any atom is -0.495 e. The highest BCUT2D eigenvalue weighted by Crippen LogP contribution is 2.37. The van der Waals surface area contributed by atoms with Gasteiger partial charge in [-0.25, -0.2) is 4.79 Å². The molecule has 0 aliphatic heterocycles. The molecule has 0 heterocycles. The van der Waals surface area contributed by atoms with Crippen LogP contribution in [0.2, 0.25) is 0 Å². The number of methoxy groups -OCH3 is 2. The van der Waals surface area contributed by atoms with Gasteiger partial charge in [-0.05, 0) is 60.2 Å². The van der Waals surface area contributed by atoms with Gasteiger partial charge in [-0.3, -0.25) is 4.79 Å². The number of carbonyl (C=O) groups is 2. The number of anilines is 3. The van der Waals surface area contributed by atoms with Gasteiger partial charge in [-0.2, -0.15) is 0 Å². The van der Waals surface area contributed by atoms with Crippen molar-refractivity contribution in [3.05, 3.63) is 114 Å². The molecular weight excluding hydrogens is 530 g/mol. The SMILES string of the molecule is COC(=O)c1ccccc1NC(=O)C(Sc1cccc(NC(=S)Nc2ccccc2OC)c1)c1ccccc1. The van der Waals surface area contributed by atoms with E-state index in [9.17, 15) is 9.59 Å². The van der Waals surface area contributed by atoms with E-state index in [0.717, 1.165) is 21.8 Å². The van der Waals surface area contributed by atoms with E-state index in [1.54, 1.807) is 31.4 Å². The van der Waals surface area contributed by atoms with Gasteiger partial charge in [0, 0.05) is 10.6 Å². The Bertz CT molecular complexity index is 1460. The highest BCUT2D eigenvalue weighted by molar-refractivity contribution is 8.00. The molecule has 9 heteroatoms. The quantitative estimate of drug-likeness (QED) is 0.118. The predicted molar refractivity (Wildman–Crippen MR) is 161 cm³/mol. The number of nitrogens with one attached hydrogen (secondary N) is 3. The summed E-state index contributed by atoms with van der Waals surface area (Å²) in [4.78, 5) is 26.6. The third kappa shape index (κ3) is 7.37. The molecule has 0 aliphatic carbocycles. The Labute approximate surface area is 236 Å². The zero-order chi connectivity index (χ0) is 27.6. The zero-order valence-electron chi connectivity index (χ0n) is 21.3. The lowest BCUT2D eigenvalue weighted by Gasteiger charge is -2.19. The lowest BCUT2D eigenvalue weighted by Crippen LogP contribution is -2.21. The van der Waals surface area contributed by atoms with Crippen LogP contribution in [0.3, 0.4) is 0 Å². The maximum Gasteiger partial charge on any atom is 0.339 e. The van der Waals surface area contributed by atoms with Gasteiger partial charge in [0.15, 0.2) is 5.11 Å². The van der Waals surface area contributed by atoms with Gasteiger partial charge < -0.3 is 25.4 Å². The predicted octanol–water partition coefficient (Wildman–Crippen LogP) is 6.76. The molecule has 7 nitrogen and oxygen atoms in total. The summed E-state index contributed by atoms with van der Waals surface area (Å²) in [7, 11) is 2.91. The van der Waals surface area contributed by atoms with Crippen molar-refractivity contribution in [2.45, 2.75) is 10.1 Å². The third-order valence-electron chi connectivity index (χ3n) is 5.63. The van der Waals surface area contributed by atoms with E-state index < -0.39 is 11.2 Å². The molecule has 0 radical (unpaired) electrons. The average molecular weight is 558 g/mol. The minimum atomic E-state index is -0.592. The number of benzene rings is 4. The number of esters is 1. The van der Waals surface area contributed by atoms with Gasteiger partial charge in [0.25, 0.3) is 0 Å². The number of amides is 1. The summed E-state index contributed by atoms with van der Waals surface area (Å²) in [6.07, 6.45) is 0. The summed E-state index contributed by atoms with van der Waals surface area (Å²) >= 11 is 6.89. The van der Waals surface area contributed by atoms with Gasteiger partial charge in [-0.15, -0.1) is 11.8 Å². The lowest BCUT2D eigenvalue weighted by molar-refractivity contribution is -0.115. The monoisotopic (exact) mass is 557 g/mol. The molecule has 198 valence electrons. The molecule has 0 fully saturated rings. The molecule has 1 unspecified atom stereocenters. The highest BCUT2D eigenvalue weighted by atomic mass is 32.2. The molecule has 0 aliphatic rings. The first-order valence-corrected chi connectivity index (χ1v) is 13.3. The van der Waals surface area contributed by atoms with E-state index in [-0.39, 0.29) is 11.5 Å². The number of hydrogen-bond donors (Lipinski definition) is 3. The van der Waals surface area contributed by atoms with Crippen LogP contribution in [0.25, 0.3) is 0 Å². The van der Waals surface area contributed by atoms with Crippen LogP contribution in [-0.4, -0.2) is 31.2 Å². The van der Waals surface area contributed by atoms with Gasteiger partial charge in [-0.1, -0.05) is 60.7 Å². The van der Waals surface area contributed by atoms with Gasteiger partial charge in [0.05, 0.1) is 31.2 Å². The fraction of sp³-hybridized carbons (Fsp3) is 0.100. The van der Waals surface area contributed by atoms with Crippen molar-refractivity contribution in [3.63, 3.8) is 0 Å². The minimum absolute atomic E-state index is 0.269. The second-order valence-corrected chi connectivity index (χ2v) is 9.83. The number of thiocarbonyl (C=S) groups is 1. The number of hydrogen-bond acceptors (Lipinski definition) is 6. The first-order chi connectivity index (χ1) is 19.0. The third-order valence-corrected chi connectivity index (χ3v) is 7.08. The number of para-hydroxylation sites is 3. The molecule has 0 saturated carbocycles. The van der Waals surface area contributed by atoms with Crippen LogP contribution in [0.1, 0.15) is 21.2 Å². The summed E-state index contributed by atoms with van der Waals surface area (Å²) < 4.78 is 10.2. The van der Waals surface area contributed by atoms with Gasteiger partial charge >= 0.3 is 5.97 Å². The van der Waals surface area contributed by atoms with Crippen molar-refractivity contribution < 1.29 is 19.1 Å². The normalized spacial score (nSPS) is 11.1. The van der Waals surface area contributed by atoms with Crippen molar-refractivity contribution in [2.24, 2.45) is 0 Å². The number of ether oxygens (including phenoxy) is 2. The molecule has 4 aromatic rings. The fourth-order valence-electron chi connectivity index (χ4n) is 3.79. The summed E-state index contributed by atoms with van der Waals surface area (Å²) in [5, 5.41) is 9.06. The lowest BCUT2D eigenvalue weighted by atomic mass is 10.1. The Morgan fingerprint density at radius 3 is 2.21 bits per heavy atom. The molecule has 0 bridgehead atoms. The van der Waals surface area contributed by atoms with Crippen LogP contribution in [-0.2, 0) is 9.53 Å². The smallest absolute Gasteiger partial charge is 0.339 e. The van der Waals surface area contributed by atoms with Crippen LogP contribution >= 0.6 is 24.0 Å². The average Bonchev–Trinajstić information content (AvgIpc) is 2.96. The van der Waals surface area contributed by atoms with Crippen molar-refractivity contribution in [1.29, 1.82) is 0 Å². The molecule has 4 rings (SSSR count). The van der Waals surface area contributed by atoms with Crippen LogP contribution < -0.4 is 20.7 Å². The van der Waals surface area contributed by atoms with Gasteiger partial charge in [0.2, 0.25) is 5.91 Å². The fourth-order valence-corrected chi connectivity index (χ4v) is 5.11. The standard InChI is InChI=1S/C30H27N3O4S2/c1-36-26-18-9-8-17-25(26)33-30(38)31-21-13-10-14-22(19-21)39-27(20-11-4-3-5-12-20)28(34)32-24-16-7-6-15-23(24)29(35)37-2/h3-19,27H,1-2H3,(H,32,34)(H2,31,33,38). The first-order valence-electron chi connectivity index (χ1n) is 12.0. The van der Waals surface area contributed by atoms with E-state index in [2.05, 4.69) is 16.0 Å². The molecule has 0 saturated heterocycles. The summed E-state index contributed by atoms with van der Waals surface area (Å²) in [6.45, 7) is 0. The molecule has 0 spiro atoms. The molecule has 4 aromatic carbocycles. The van der Waals surface area contributed by atoms with Crippen molar-refractivity contribution >= 4 is 58.0 Å². The first kappa shape index (κ1) is 27.7. The van der Waals surface area contributed by atoms with Gasteiger partial charge in [0.1, 0.15) is 11.0 Å². The Balaban J connectivity index is 1.53. The van der Waals surface area contributed by atoms with Crippen LogP contribution in [0.5, 0.6) is 5.75 Å². The largest absolute Gasteiger partial charge is 0.495 e. The van der Waals surface area contributed by atoms with Crippen LogP contribution in [0.15, 0.2) is 108 Å². The molecule has 39 heavy (non-hydrogen) atoms. The topological polar surface area (TPSA) is 88.7 Å². The van der Waals surface area contributed by atoms with E-state index in [1.165, 1.54) is 18.9 Å². The molecule has 1 amide bonds. The number of carbonyl (C=O) groups excluding carboxylic acids is 2. The van der Waals surface area contributed by atoms with Crippen LogP contribution in [0, 0.1) is 0 Å². The van der Waals surface area contributed by atoms with Crippen LogP contribution in [0.4, 0.5) is 17.1 Å². The maximum atomic E-state index is 13.6. The Hall–Kier alpha value is -4.34. The Morgan fingerprint density at radius 2 is 1.46 bits per heavy atom. The summed E-state index contributed by atoms with van der Waals surface area (Å²) in [6, 6.07) is 31.4. The molecule has 1 atom stereocenters. The van der Waals surface area contributed by atoms with E-state index in [4.69, 9.17) is 21.7 Å². The number of thioether (sulfide) groups is 1. The second kappa shape index (κ2) is 13.5. The number of rotatable bonds is 9. The highest BCUT2D eigenvalue weighted by Gasteiger charge is 2.24. The second-order valence-electron chi connectivity index (χ2n) is 8.24. The van der Waals surface area contributed by atoms with Crippen molar-refractivity contribution in [2.75, 3.05) is 30.2 Å². The zero-order valence-corrected chi connectivity index (χ0v) is 23.0. The van der Waals surface area contributed by atoms with E-state index in [1.807, 2.05) is 78.9 Å². The molecule has 0 aromatic heterocycles. The Kier molecular flexibility index (Phi) is 9.55. The van der Waals surface area contributed by atoms with Crippen molar-refractivity contribution in [1.82, 2.24) is 0 Å². The van der Waals surface area contributed by atoms with Crippen molar-refractivity contribution in [3.8, 4) is 5.75 Å². The maximum absolute atomic E-state index is 13.6. The summed E-state index contributed by atoms with van der Waals surface area (Å²) in [5.74, 6) is -0.114. The van der Waals surface area contributed by atoms with E-state index >= 15 is 0 Å². The molecule has 3 N–H and O–H groups in total. The molecular formula is C30H27N3O4S2.